The predicted octanol–water partition coefficient (Wildman–Crippen LogP) is 5.78. The fraction of sp³-hybridized carbons (Fsp3) is 0.300. The van der Waals surface area contributed by atoms with Gasteiger partial charge in [0.1, 0.15) is 16.0 Å². The van der Waals surface area contributed by atoms with Gasteiger partial charge in [-0.1, -0.05) is 0 Å². The number of aromatic nitrogens is 2. The van der Waals surface area contributed by atoms with Crippen LogP contribution in [0, 0.1) is 11.6 Å². The second-order valence-electron chi connectivity index (χ2n) is 7.09. The Morgan fingerprint density at radius 3 is 3.00 bits per heavy atom. The highest BCUT2D eigenvalue weighted by Gasteiger charge is 2.25. The zero-order valence-corrected chi connectivity index (χ0v) is 16.8. The fourth-order valence-corrected chi connectivity index (χ4v) is 5.83. The molecular formula is C20H18F2N4S2. The van der Waals surface area contributed by atoms with Gasteiger partial charge in [0.05, 0.1) is 15.9 Å². The second-order valence-corrected chi connectivity index (χ2v) is 9.04. The van der Waals surface area contributed by atoms with Crippen LogP contribution in [0.5, 0.6) is 0 Å². The molecule has 0 saturated carbocycles. The molecule has 144 valence electrons. The van der Waals surface area contributed by atoms with Crippen LogP contribution in [-0.2, 0) is 0 Å². The predicted molar refractivity (Wildman–Crippen MR) is 112 cm³/mol. The van der Waals surface area contributed by atoms with E-state index in [0.717, 1.165) is 29.6 Å². The molecule has 1 aliphatic heterocycles. The summed E-state index contributed by atoms with van der Waals surface area (Å²) in [5.74, 6) is -0.859. The number of nitrogens with one attached hydrogen (secondary N) is 2. The van der Waals surface area contributed by atoms with Crippen LogP contribution in [0.3, 0.4) is 0 Å². The molecule has 1 fully saturated rings. The number of piperidine rings is 1. The summed E-state index contributed by atoms with van der Waals surface area (Å²) in [6.45, 7) is 3.25. The smallest absolute Gasteiger partial charge is 0.176 e. The topological polar surface area (TPSA) is 49.8 Å². The zero-order chi connectivity index (χ0) is 19.3. The molecule has 0 radical (unpaired) electrons. The van der Waals surface area contributed by atoms with E-state index in [1.165, 1.54) is 27.8 Å². The van der Waals surface area contributed by atoms with Crippen LogP contribution < -0.4 is 10.6 Å². The number of thiazole rings is 1. The van der Waals surface area contributed by atoms with Gasteiger partial charge in [-0.25, -0.2) is 18.7 Å². The number of hydrogen-bond donors (Lipinski definition) is 2. The van der Waals surface area contributed by atoms with Gasteiger partial charge < -0.3 is 10.6 Å². The quantitative estimate of drug-likeness (QED) is 0.444. The summed E-state index contributed by atoms with van der Waals surface area (Å²) < 4.78 is 29.9. The third-order valence-electron chi connectivity index (χ3n) is 5.36. The van der Waals surface area contributed by atoms with Crippen molar-refractivity contribution in [3.8, 4) is 0 Å². The SMILES string of the molecule is C[C@H]1NCCCC1c1cc2c(Nc3c(F)cc4scnc4c3F)ccnc2s1. The Hall–Kier alpha value is -2.16. The van der Waals surface area contributed by atoms with E-state index < -0.39 is 11.6 Å². The molecule has 5 rings (SSSR count). The van der Waals surface area contributed by atoms with Crippen molar-refractivity contribution in [2.75, 3.05) is 11.9 Å². The maximum Gasteiger partial charge on any atom is 0.176 e. The van der Waals surface area contributed by atoms with Gasteiger partial charge in [-0.15, -0.1) is 22.7 Å². The molecule has 2 atom stereocenters. The van der Waals surface area contributed by atoms with Crippen molar-refractivity contribution in [3.05, 3.63) is 46.4 Å². The number of fused-ring (bicyclic) bond motifs is 2. The average molecular weight is 417 g/mol. The molecule has 1 aliphatic rings. The van der Waals surface area contributed by atoms with E-state index in [0.29, 0.717) is 22.3 Å². The van der Waals surface area contributed by atoms with Gasteiger partial charge in [0, 0.05) is 28.4 Å². The van der Waals surface area contributed by atoms with Crippen LogP contribution in [-0.4, -0.2) is 22.6 Å². The number of rotatable bonds is 3. The van der Waals surface area contributed by atoms with E-state index in [-0.39, 0.29) is 11.2 Å². The Labute approximate surface area is 168 Å². The molecule has 4 aromatic rings. The lowest BCUT2D eigenvalue weighted by atomic mass is 9.90. The first-order valence-corrected chi connectivity index (χ1v) is 10.9. The number of thiophene rings is 1. The molecule has 1 unspecified atom stereocenters. The molecule has 1 saturated heterocycles. The second kappa shape index (κ2) is 7.02. The van der Waals surface area contributed by atoms with Gasteiger partial charge in [-0.3, -0.25) is 0 Å². The zero-order valence-electron chi connectivity index (χ0n) is 15.1. The van der Waals surface area contributed by atoms with E-state index in [2.05, 4.69) is 33.6 Å². The van der Waals surface area contributed by atoms with Crippen LogP contribution in [0.4, 0.5) is 20.2 Å². The summed E-state index contributed by atoms with van der Waals surface area (Å²) in [6, 6.07) is 5.59. The minimum absolute atomic E-state index is 0.175. The highest BCUT2D eigenvalue weighted by atomic mass is 32.1. The first kappa shape index (κ1) is 17.9. The summed E-state index contributed by atoms with van der Waals surface area (Å²) in [6.07, 6.45) is 3.95. The van der Waals surface area contributed by atoms with Crippen molar-refractivity contribution in [3.63, 3.8) is 0 Å². The first-order chi connectivity index (χ1) is 13.6. The lowest BCUT2D eigenvalue weighted by Gasteiger charge is -2.29. The van der Waals surface area contributed by atoms with Gasteiger partial charge >= 0.3 is 0 Å². The molecule has 4 heterocycles. The number of nitrogens with zero attached hydrogens (tertiary/aromatic N) is 2. The number of pyridine rings is 1. The van der Waals surface area contributed by atoms with Gasteiger partial charge in [-0.05, 0) is 44.5 Å². The van der Waals surface area contributed by atoms with Gasteiger partial charge in [0.25, 0.3) is 0 Å². The van der Waals surface area contributed by atoms with Crippen LogP contribution in [0.15, 0.2) is 29.9 Å². The Kier molecular flexibility index (Phi) is 4.49. The van der Waals surface area contributed by atoms with Crippen molar-refractivity contribution in [2.45, 2.75) is 31.7 Å². The molecular weight excluding hydrogens is 398 g/mol. The Morgan fingerprint density at radius 2 is 2.14 bits per heavy atom. The molecule has 8 heteroatoms. The average Bonchev–Trinajstić information content (AvgIpc) is 3.32. The van der Waals surface area contributed by atoms with Gasteiger partial charge in [-0.2, -0.15) is 0 Å². The van der Waals surface area contributed by atoms with Gasteiger partial charge in [0.15, 0.2) is 11.6 Å². The first-order valence-electron chi connectivity index (χ1n) is 9.22. The molecule has 3 aromatic heterocycles. The van der Waals surface area contributed by atoms with Crippen molar-refractivity contribution in [2.24, 2.45) is 0 Å². The lowest BCUT2D eigenvalue weighted by molar-refractivity contribution is 0.375. The third kappa shape index (κ3) is 2.96. The van der Waals surface area contributed by atoms with Crippen molar-refractivity contribution in [1.29, 1.82) is 0 Å². The minimum atomic E-state index is -0.665. The molecule has 1 aromatic carbocycles. The van der Waals surface area contributed by atoms with E-state index in [4.69, 9.17) is 0 Å². The highest BCUT2D eigenvalue weighted by Crippen LogP contribution is 2.39. The third-order valence-corrected chi connectivity index (χ3v) is 7.31. The largest absolute Gasteiger partial charge is 0.350 e. The van der Waals surface area contributed by atoms with Crippen LogP contribution in [0.1, 0.15) is 30.6 Å². The monoisotopic (exact) mass is 416 g/mol. The van der Waals surface area contributed by atoms with Crippen molar-refractivity contribution >= 4 is 54.5 Å². The molecule has 0 spiro atoms. The summed E-state index contributed by atoms with van der Waals surface area (Å²) in [4.78, 5) is 10.6. The molecule has 28 heavy (non-hydrogen) atoms. The molecule has 4 nitrogen and oxygen atoms in total. The Balaban J connectivity index is 1.56. The number of halogens is 2. The van der Waals surface area contributed by atoms with E-state index in [9.17, 15) is 8.78 Å². The van der Waals surface area contributed by atoms with Crippen LogP contribution in [0.2, 0.25) is 0 Å². The maximum absolute atomic E-state index is 14.8. The molecule has 2 N–H and O–H groups in total. The standard InChI is InChI=1S/C20H18F2N4S2/c1-10-11(3-2-5-23-10)15-7-12-14(4-6-24-20(12)28-15)26-18-13(21)8-16-19(17(18)22)25-9-27-16/h4,6-11,23H,2-3,5H2,1H3,(H,24,26)/t10-,11?/m1/s1. The van der Waals surface area contributed by atoms with E-state index in [1.807, 2.05) is 0 Å². The fourth-order valence-electron chi connectivity index (χ4n) is 3.86. The molecule has 0 bridgehead atoms. The highest BCUT2D eigenvalue weighted by molar-refractivity contribution is 7.18. The summed E-state index contributed by atoms with van der Waals surface area (Å²) >= 11 is 2.87. The summed E-state index contributed by atoms with van der Waals surface area (Å²) in [5, 5.41) is 7.37. The number of hydrogen-bond acceptors (Lipinski definition) is 6. The van der Waals surface area contributed by atoms with E-state index in [1.54, 1.807) is 23.6 Å². The molecule has 0 aliphatic carbocycles. The maximum atomic E-state index is 14.8. The van der Waals surface area contributed by atoms with Crippen molar-refractivity contribution < 1.29 is 8.78 Å². The van der Waals surface area contributed by atoms with Crippen molar-refractivity contribution in [1.82, 2.24) is 15.3 Å². The number of anilines is 2. The lowest BCUT2D eigenvalue weighted by Crippen LogP contribution is -2.37. The normalized spacial score (nSPS) is 20.1. The van der Waals surface area contributed by atoms with Crippen LogP contribution in [0.25, 0.3) is 20.4 Å². The van der Waals surface area contributed by atoms with Gasteiger partial charge in [0.2, 0.25) is 0 Å². The number of benzene rings is 1. The summed E-state index contributed by atoms with van der Waals surface area (Å²) in [5.41, 5.74) is 2.18. The van der Waals surface area contributed by atoms with Crippen LogP contribution >= 0.6 is 22.7 Å². The summed E-state index contributed by atoms with van der Waals surface area (Å²) in [7, 11) is 0. The van der Waals surface area contributed by atoms with E-state index >= 15 is 0 Å². The Bertz CT molecular complexity index is 1170. The minimum Gasteiger partial charge on any atom is -0.350 e. The molecule has 0 amide bonds. The Morgan fingerprint density at radius 1 is 1.25 bits per heavy atom.